The second-order valence-corrected chi connectivity index (χ2v) is 7.81. The van der Waals surface area contributed by atoms with Crippen LogP contribution < -0.4 is 14.9 Å². The Morgan fingerprint density at radius 1 is 0.842 bits per heavy atom. The fraction of sp³-hybridized carbons (Fsp3) is 0.0370. The van der Waals surface area contributed by atoms with E-state index in [9.17, 15) is 25.0 Å². The molecule has 0 atom stereocenters. The Balaban J connectivity index is 1.42. The number of para-hydroxylation sites is 1. The van der Waals surface area contributed by atoms with Gasteiger partial charge in [0.05, 0.1) is 27.7 Å². The third kappa shape index (κ3) is 6.55. The topological polar surface area (TPSA) is 146 Å². The summed E-state index contributed by atoms with van der Waals surface area (Å²) < 4.78 is 11.4. The van der Waals surface area contributed by atoms with Gasteiger partial charge in [0.15, 0.2) is 0 Å². The minimum Gasteiger partial charge on any atom is -0.488 e. The molecule has 0 unspecified atom stereocenters. The van der Waals surface area contributed by atoms with E-state index < -0.39 is 27.1 Å². The number of benzene rings is 4. The largest absolute Gasteiger partial charge is 0.488 e. The first-order valence-electron chi connectivity index (χ1n) is 11.2. The molecule has 0 saturated heterocycles. The lowest BCUT2D eigenvalue weighted by atomic mass is 10.2. The highest BCUT2D eigenvalue weighted by molar-refractivity contribution is 5.97. The van der Waals surface area contributed by atoms with E-state index in [0.717, 1.165) is 23.8 Å². The van der Waals surface area contributed by atoms with Gasteiger partial charge in [-0.05, 0) is 41.5 Å². The highest BCUT2D eigenvalue weighted by Gasteiger charge is 2.21. The van der Waals surface area contributed by atoms with Crippen molar-refractivity contribution in [3.8, 4) is 17.2 Å². The van der Waals surface area contributed by atoms with Gasteiger partial charge in [-0.1, -0.05) is 54.6 Å². The molecule has 38 heavy (non-hydrogen) atoms. The highest BCUT2D eigenvalue weighted by atomic mass is 16.6. The van der Waals surface area contributed by atoms with E-state index in [1.807, 2.05) is 30.3 Å². The molecule has 11 heteroatoms. The quantitative estimate of drug-likeness (QED) is 0.164. The fourth-order valence-electron chi connectivity index (χ4n) is 3.37. The average Bonchev–Trinajstić information content (AvgIpc) is 2.93. The molecule has 0 aliphatic heterocycles. The minimum atomic E-state index is -0.759. The van der Waals surface area contributed by atoms with Crippen LogP contribution in [-0.2, 0) is 6.61 Å². The predicted octanol–water partition coefficient (Wildman–Crippen LogP) is 5.64. The zero-order valence-electron chi connectivity index (χ0n) is 19.7. The zero-order valence-corrected chi connectivity index (χ0v) is 19.7. The molecular formula is C27H20N4O7. The van der Waals surface area contributed by atoms with Crippen molar-refractivity contribution in [3.05, 3.63) is 134 Å². The van der Waals surface area contributed by atoms with Gasteiger partial charge >= 0.3 is 5.69 Å². The number of ether oxygens (including phenoxy) is 2. The summed E-state index contributed by atoms with van der Waals surface area (Å²) in [5.41, 5.74) is 3.28. The molecule has 0 aliphatic rings. The van der Waals surface area contributed by atoms with Crippen molar-refractivity contribution in [3.63, 3.8) is 0 Å². The molecule has 4 aromatic carbocycles. The van der Waals surface area contributed by atoms with Gasteiger partial charge in [0.2, 0.25) is 5.75 Å². The number of hydrogen-bond acceptors (Lipinski definition) is 8. The van der Waals surface area contributed by atoms with E-state index in [1.165, 1.54) is 12.3 Å². The monoisotopic (exact) mass is 512 g/mol. The Labute approximate surface area is 216 Å². The third-order valence-electron chi connectivity index (χ3n) is 5.18. The van der Waals surface area contributed by atoms with E-state index >= 15 is 0 Å². The van der Waals surface area contributed by atoms with Crippen LogP contribution in [0.15, 0.2) is 102 Å². The highest BCUT2D eigenvalue weighted by Crippen LogP contribution is 2.34. The Kier molecular flexibility index (Phi) is 7.99. The van der Waals surface area contributed by atoms with Crippen LogP contribution >= 0.6 is 0 Å². The summed E-state index contributed by atoms with van der Waals surface area (Å²) in [6, 6.07) is 25.9. The minimum absolute atomic E-state index is 0.157. The SMILES string of the molecule is O=C(N/N=C\c1cccc(Oc2ccc([N+](=O)[O-])cc2[N+](=O)[O-])c1)c1ccccc1OCc1ccccc1. The molecule has 4 aromatic rings. The number of hydrazone groups is 1. The van der Waals surface area contributed by atoms with Crippen LogP contribution in [0.2, 0.25) is 0 Å². The molecule has 0 aromatic heterocycles. The maximum atomic E-state index is 12.7. The molecule has 0 fully saturated rings. The molecule has 11 nitrogen and oxygen atoms in total. The molecular weight excluding hydrogens is 492 g/mol. The van der Waals surface area contributed by atoms with Crippen LogP contribution in [0.25, 0.3) is 0 Å². The number of rotatable bonds is 10. The number of nitro groups is 2. The number of amides is 1. The van der Waals surface area contributed by atoms with E-state index in [-0.39, 0.29) is 11.5 Å². The summed E-state index contributed by atoms with van der Waals surface area (Å²) in [4.78, 5) is 33.5. The van der Waals surface area contributed by atoms with Crippen molar-refractivity contribution in [2.24, 2.45) is 5.10 Å². The summed E-state index contributed by atoms with van der Waals surface area (Å²) in [5, 5.41) is 26.3. The van der Waals surface area contributed by atoms with E-state index in [2.05, 4.69) is 10.5 Å². The molecule has 4 rings (SSSR count). The Hall–Kier alpha value is -5.58. The fourth-order valence-corrected chi connectivity index (χ4v) is 3.37. The molecule has 0 saturated carbocycles. The standard InChI is InChI=1S/C27H20N4O7/c32-27(23-11-4-5-12-25(23)37-18-19-7-2-1-3-8-19)29-28-17-20-9-6-10-22(15-20)38-26-14-13-21(30(33)34)16-24(26)31(35)36/h1-17H,18H2,(H,29,32)/b28-17-. The molecule has 190 valence electrons. The molecule has 0 bridgehead atoms. The lowest BCUT2D eigenvalue weighted by Crippen LogP contribution is -2.18. The predicted molar refractivity (Wildman–Crippen MR) is 139 cm³/mol. The molecule has 1 amide bonds. The number of nitrogens with one attached hydrogen (secondary N) is 1. The molecule has 1 N–H and O–H groups in total. The van der Waals surface area contributed by atoms with Crippen molar-refractivity contribution in [2.45, 2.75) is 6.61 Å². The van der Waals surface area contributed by atoms with Crippen LogP contribution in [0.5, 0.6) is 17.2 Å². The van der Waals surface area contributed by atoms with Crippen molar-refractivity contribution in [2.75, 3.05) is 0 Å². The molecule has 0 aliphatic carbocycles. The Morgan fingerprint density at radius 2 is 1.61 bits per heavy atom. The second kappa shape index (κ2) is 11.9. The first kappa shape index (κ1) is 25.5. The Bertz CT molecular complexity index is 1510. The van der Waals surface area contributed by atoms with Crippen molar-refractivity contribution < 1.29 is 24.1 Å². The lowest BCUT2D eigenvalue weighted by Gasteiger charge is -2.10. The Morgan fingerprint density at radius 3 is 2.37 bits per heavy atom. The first-order chi connectivity index (χ1) is 18.4. The van der Waals surface area contributed by atoms with Gasteiger partial charge in [-0.3, -0.25) is 25.0 Å². The molecule has 0 radical (unpaired) electrons. The number of carbonyl (C=O) groups is 1. The van der Waals surface area contributed by atoms with Gasteiger partial charge in [0, 0.05) is 6.07 Å². The smallest absolute Gasteiger partial charge is 0.318 e. The zero-order chi connectivity index (χ0) is 26.9. The van der Waals surface area contributed by atoms with Crippen molar-refractivity contribution >= 4 is 23.5 Å². The summed E-state index contributed by atoms with van der Waals surface area (Å²) in [5.74, 6) is 0.00921. The van der Waals surface area contributed by atoms with Crippen LogP contribution in [0.4, 0.5) is 11.4 Å². The summed E-state index contributed by atoms with van der Waals surface area (Å²) >= 11 is 0. The van der Waals surface area contributed by atoms with Crippen LogP contribution in [0, 0.1) is 20.2 Å². The van der Waals surface area contributed by atoms with Gasteiger partial charge in [0.1, 0.15) is 18.1 Å². The van der Waals surface area contributed by atoms with Crippen LogP contribution in [-0.4, -0.2) is 22.0 Å². The van der Waals surface area contributed by atoms with Crippen LogP contribution in [0.3, 0.4) is 0 Å². The summed E-state index contributed by atoms with van der Waals surface area (Å²) in [7, 11) is 0. The maximum absolute atomic E-state index is 12.7. The number of nitrogens with zero attached hydrogens (tertiary/aromatic N) is 3. The van der Waals surface area contributed by atoms with Gasteiger partial charge in [-0.2, -0.15) is 5.10 Å². The summed E-state index contributed by atoms with van der Waals surface area (Å²) in [6.07, 6.45) is 1.38. The number of carbonyl (C=O) groups excluding carboxylic acids is 1. The van der Waals surface area contributed by atoms with Gasteiger partial charge in [-0.15, -0.1) is 0 Å². The molecule has 0 spiro atoms. The lowest BCUT2D eigenvalue weighted by molar-refractivity contribution is -0.394. The normalized spacial score (nSPS) is 10.6. The number of hydrogen-bond donors (Lipinski definition) is 1. The average molecular weight is 512 g/mol. The van der Waals surface area contributed by atoms with Gasteiger partial charge in [-0.25, -0.2) is 5.43 Å². The van der Waals surface area contributed by atoms with E-state index in [1.54, 1.807) is 42.5 Å². The number of nitro benzene ring substituents is 2. The second-order valence-electron chi connectivity index (χ2n) is 7.81. The van der Waals surface area contributed by atoms with E-state index in [4.69, 9.17) is 9.47 Å². The van der Waals surface area contributed by atoms with E-state index in [0.29, 0.717) is 23.5 Å². The van der Waals surface area contributed by atoms with Crippen molar-refractivity contribution in [1.29, 1.82) is 0 Å². The van der Waals surface area contributed by atoms with Gasteiger partial charge in [0.25, 0.3) is 11.6 Å². The van der Waals surface area contributed by atoms with Crippen molar-refractivity contribution in [1.82, 2.24) is 5.43 Å². The van der Waals surface area contributed by atoms with Gasteiger partial charge < -0.3 is 9.47 Å². The maximum Gasteiger partial charge on any atom is 0.318 e. The van der Waals surface area contributed by atoms with Crippen LogP contribution in [0.1, 0.15) is 21.5 Å². The first-order valence-corrected chi connectivity index (χ1v) is 11.2. The third-order valence-corrected chi connectivity index (χ3v) is 5.18. The number of non-ortho nitro benzene ring substituents is 1. The summed E-state index contributed by atoms with van der Waals surface area (Å²) in [6.45, 7) is 0.300. The molecule has 0 heterocycles.